The van der Waals surface area contributed by atoms with Crippen LogP contribution >= 0.6 is 0 Å². The minimum Gasteiger partial charge on any atom is -0.550 e. The van der Waals surface area contributed by atoms with Gasteiger partial charge in [-0.2, -0.15) is 0 Å². The van der Waals surface area contributed by atoms with Crippen LogP contribution in [0.4, 0.5) is 5.69 Å². The van der Waals surface area contributed by atoms with Crippen LogP contribution in [0.2, 0.25) is 0 Å². The number of nitrogens with one attached hydrogen (secondary N) is 1. The van der Waals surface area contributed by atoms with Crippen molar-refractivity contribution in [2.24, 2.45) is 11.8 Å². The van der Waals surface area contributed by atoms with Crippen molar-refractivity contribution in [2.45, 2.75) is 33.1 Å². The molecule has 0 heterocycles. The summed E-state index contributed by atoms with van der Waals surface area (Å²) in [5.41, 5.74) is 2.84. The lowest BCUT2D eigenvalue weighted by molar-refractivity contribution is -0.313. The Morgan fingerprint density at radius 2 is 1.90 bits per heavy atom. The zero-order valence-electron chi connectivity index (χ0n) is 12.4. The standard InChI is InChI=1S/C17H21NO3/c1-3-12-8-6-7-11(2)15(12)18-16(19)13-9-4-5-10-14(13)17(20)21/h4-8,13-14H,3,9-10H2,1-2H3,(H,18,19)(H,20,21)/p-1. The fourth-order valence-corrected chi connectivity index (χ4v) is 2.78. The van der Waals surface area contributed by atoms with E-state index < -0.39 is 17.8 Å². The summed E-state index contributed by atoms with van der Waals surface area (Å²) >= 11 is 0. The zero-order chi connectivity index (χ0) is 15.4. The van der Waals surface area contributed by atoms with E-state index in [0.29, 0.717) is 12.8 Å². The molecule has 0 saturated heterocycles. The first-order chi connectivity index (χ1) is 10.0. The van der Waals surface area contributed by atoms with Crippen molar-refractivity contribution >= 4 is 17.6 Å². The van der Waals surface area contributed by atoms with Gasteiger partial charge in [-0.15, -0.1) is 0 Å². The lowest BCUT2D eigenvalue weighted by Gasteiger charge is -2.28. The van der Waals surface area contributed by atoms with Crippen LogP contribution in [-0.4, -0.2) is 11.9 Å². The quantitative estimate of drug-likeness (QED) is 0.858. The van der Waals surface area contributed by atoms with E-state index in [1.807, 2.05) is 38.1 Å². The van der Waals surface area contributed by atoms with Crippen LogP contribution in [-0.2, 0) is 16.0 Å². The molecule has 2 atom stereocenters. The molecule has 0 radical (unpaired) electrons. The van der Waals surface area contributed by atoms with Crippen molar-refractivity contribution in [1.82, 2.24) is 0 Å². The number of para-hydroxylation sites is 1. The van der Waals surface area contributed by atoms with Gasteiger partial charge >= 0.3 is 0 Å². The number of allylic oxidation sites excluding steroid dienone is 2. The second kappa shape index (κ2) is 6.57. The van der Waals surface area contributed by atoms with Crippen LogP contribution in [0.15, 0.2) is 30.4 Å². The highest BCUT2D eigenvalue weighted by atomic mass is 16.4. The number of hydrogen-bond donors (Lipinski definition) is 1. The van der Waals surface area contributed by atoms with Gasteiger partial charge in [-0.05, 0) is 37.3 Å². The van der Waals surface area contributed by atoms with E-state index in [9.17, 15) is 14.7 Å². The average molecular weight is 286 g/mol. The number of carboxylic acids is 1. The highest BCUT2D eigenvalue weighted by Crippen LogP contribution is 2.28. The molecule has 1 aromatic carbocycles. The van der Waals surface area contributed by atoms with E-state index in [4.69, 9.17) is 0 Å². The van der Waals surface area contributed by atoms with E-state index in [0.717, 1.165) is 23.2 Å². The number of carboxylic acid groups (broad SMARTS) is 1. The number of carbonyl (C=O) groups excluding carboxylic acids is 2. The molecule has 0 saturated carbocycles. The summed E-state index contributed by atoms with van der Waals surface area (Å²) in [6.07, 6.45) is 5.27. The second-order valence-electron chi connectivity index (χ2n) is 5.43. The lowest BCUT2D eigenvalue weighted by atomic mass is 9.82. The SMILES string of the molecule is CCc1cccc(C)c1NC(=O)C1CC=CCC1C(=O)[O-]. The van der Waals surface area contributed by atoms with Crippen molar-refractivity contribution in [1.29, 1.82) is 0 Å². The first-order valence-electron chi connectivity index (χ1n) is 7.29. The molecule has 1 aliphatic carbocycles. The maximum atomic E-state index is 12.5. The number of aliphatic carboxylic acids is 1. The Kier molecular flexibility index (Phi) is 4.78. The molecule has 0 aliphatic heterocycles. The largest absolute Gasteiger partial charge is 0.550 e. The number of anilines is 1. The fourth-order valence-electron chi connectivity index (χ4n) is 2.78. The molecule has 2 rings (SSSR count). The number of carbonyl (C=O) groups is 2. The van der Waals surface area contributed by atoms with Gasteiger partial charge in [0, 0.05) is 17.6 Å². The Morgan fingerprint density at radius 1 is 1.24 bits per heavy atom. The fraction of sp³-hybridized carbons (Fsp3) is 0.412. The van der Waals surface area contributed by atoms with Crippen molar-refractivity contribution in [3.63, 3.8) is 0 Å². The van der Waals surface area contributed by atoms with Crippen LogP contribution in [0.1, 0.15) is 30.9 Å². The Bertz CT molecular complexity index is 577. The smallest absolute Gasteiger partial charge is 0.228 e. The van der Waals surface area contributed by atoms with Gasteiger partial charge in [0.05, 0.1) is 5.92 Å². The number of hydrogen-bond acceptors (Lipinski definition) is 3. The molecule has 0 aromatic heterocycles. The molecule has 1 aliphatic rings. The van der Waals surface area contributed by atoms with Gasteiger partial charge in [-0.25, -0.2) is 0 Å². The van der Waals surface area contributed by atoms with Gasteiger partial charge in [0.15, 0.2) is 0 Å². The third-order valence-corrected chi connectivity index (χ3v) is 4.06. The summed E-state index contributed by atoms with van der Waals surface area (Å²) in [5, 5.41) is 14.1. The van der Waals surface area contributed by atoms with Crippen LogP contribution in [0.25, 0.3) is 0 Å². The van der Waals surface area contributed by atoms with Gasteiger partial charge in [-0.3, -0.25) is 4.79 Å². The molecule has 1 aromatic rings. The van der Waals surface area contributed by atoms with Crippen LogP contribution in [0.5, 0.6) is 0 Å². The van der Waals surface area contributed by atoms with Crippen molar-refractivity contribution in [3.05, 3.63) is 41.5 Å². The lowest BCUT2D eigenvalue weighted by Crippen LogP contribution is -2.41. The van der Waals surface area contributed by atoms with Crippen molar-refractivity contribution < 1.29 is 14.7 Å². The van der Waals surface area contributed by atoms with E-state index in [2.05, 4.69) is 5.32 Å². The Hall–Kier alpha value is -2.10. The van der Waals surface area contributed by atoms with Crippen molar-refractivity contribution in [3.8, 4) is 0 Å². The van der Waals surface area contributed by atoms with Crippen LogP contribution < -0.4 is 10.4 Å². The minimum absolute atomic E-state index is 0.238. The Morgan fingerprint density at radius 3 is 2.52 bits per heavy atom. The highest BCUT2D eigenvalue weighted by molar-refractivity contribution is 5.96. The van der Waals surface area contributed by atoms with Gasteiger partial charge in [0.25, 0.3) is 0 Å². The molecule has 4 heteroatoms. The summed E-state index contributed by atoms with van der Waals surface area (Å²) < 4.78 is 0. The molecule has 0 spiro atoms. The molecule has 1 amide bonds. The average Bonchev–Trinajstić information content (AvgIpc) is 2.49. The Balaban J connectivity index is 2.21. The molecule has 0 bridgehead atoms. The molecular weight excluding hydrogens is 266 g/mol. The zero-order valence-corrected chi connectivity index (χ0v) is 12.4. The van der Waals surface area contributed by atoms with Crippen LogP contribution in [0.3, 0.4) is 0 Å². The van der Waals surface area contributed by atoms with Gasteiger partial charge in [-0.1, -0.05) is 37.3 Å². The number of amides is 1. The van der Waals surface area contributed by atoms with Crippen LogP contribution in [0, 0.1) is 18.8 Å². The number of rotatable bonds is 4. The van der Waals surface area contributed by atoms with Crippen molar-refractivity contribution in [2.75, 3.05) is 5.32 Å². The molecule has 0 fully saturated rings. The van der Waals surface area contributed by atoms with Gasteiger partial charge in [0.1, 0.15) is 0 Å². The van der Waals surface area contributed by atoms with E-state index in [1.165, 1.54) is 0 Å². The summed E-state index contributed by atoms with van der Waals surface area (Å²) in [6, 6.07) is 5.86. The molecular formula is C17H20NO3-. The maximum absolute atomic E-state index is 12.5. The molecule has 112 valence electrons. The Labute approximate surface area is 124 Å². The molecule has 1 N–H and O–H groups in total. The predicted octanol–water partition coefficient (Wildman–Crippen LogP) is 1.83. The van der Waals surface area contributed by atoms with E-state index in [-0.39, 0.29) is 5.91 Å². The third-order valence-electron chi connectivity index (χ3n) is 4.06. The van der Waals surface area contributed by atoms with E-state index >= 15 is 0 Å². The number of aryl methyl sites for hydroxylation is 2. The maximum Gasteiger partial charge on any atom is 0.228 e. The summed E-state index contributed by atoms with van der Waals surface area (Å²) in [5.74, 6) is -2.70. The summed E-state index contributed by atoms with van der Waals surface area (Å²) in [6.45, 7) is 3.96. The first-order valence-corrected chi connectivity index (χ1v) is 7.29. The second-order valence-corrected chi connectivity index (χ2v) is 5.43. The monoisotopic (exact) mass is 286 g/mol. The third kappa shape index (κ3) is 3.32. The number of benzene rings is 1. The normalized spacial score (nSPS) is 21.0. The summed E-state index contributed by atoms with van der Waals surface area (Å²) in [7, 11) is 0. The molecule has 2 unspecified atom stereocenters. The molecule has 21 heavy (non-hydrogen) atoms. The summed E-state index contributed by atoms with van der Waals surface area (Å²) in [4.78, 5) is 23.7. The first kappa shape index (κ1) is 15.3. The highest BCUT2D eigenvalue weighted by Gasteiger charge is 2.30. The van der Waals surface area contributed by atoms with Gasteiger partial charge < -0.3 is 15.2 Å². The minimum atomic E-state index is -1.15. The van der Waals surface area contributed by atoms with E-state index in [1.54, 1.807) is 6.08 Å². The predicted molar refractivity (Wildman–Crippen MR) is 79.5 cm³/mol. The van der Waals surface area contributed by atoms with Gasteiger partial charge in [0.2, 0.25) is 5.91 Å². The topological polar surface area (TPSA) is 69.2 Å². The molecule has 4 nitrogen and oxygen atoms in total.